The average molecular weight is 349 g/mol. The fraction of sp³-hybridized carbons (Fsp3) is 0.556. The van der Waals surface area contributed by atoms with Gasteiger partial charge in [-0.3, -0.25) is 0 Å². The molecule has 2 rings (SSSR count). The molecule has 7 nitrogen and oxygen atoms in total. The van der Waals surface area contributed by atoms with Crippen LogP contribution < -0.4 is 10.1 Å². The summed E-state index contributed by atoms with van der Waals surface area (Å²) in [6.07, 6.45) is 1.84. The number of ether oxygens (including phenoxy) is 2. The number of benzene rings is 1. The molecule has 0 atom stereocenters. The predicted octanol–water partition coefficient (Wildman–Crippen LogP) is 2.46. The van der Waals surface area contributed by atoms with Gasteiger partial charge in [0.1, 0.15) is 5.75 Å². The Hall–Kier alpha value is -2.44. The van der Waals surface area contributed by atoms with Crippen LogP contribution in [0.1, 0.15) is 25.8 Å². The van der Waals surface area contributed by atoms with E-state index in [4.69, 9.17) is 9.47 Å². The van der Waals surface area contributed by atoms with E-state index in [0.717, 1.165) is 18.6 Å². The molecule has 0 radical (unpaired) electrons. The molecule has 7 heteroatoms. The van der Waals surface area contributed by atoms with Crippen LogP contribution in [0.3, 0.4) is 0 Å². The lowest BCUT2D eigenvalue weighted by molar-refractivity contribution is 0.0843. The summed E-state index contributed by atoms with van der Waals surface area (Å²) in [6.45, 7) is 6.32. The zero-order valence-electron chi connectivity index (χ0n) is 15.0. The average Bonchev–Trinajstić information content (AvgIpc) is 2.63. The smallest absolute Gasteiger partial charge is 0.409 e. The van der Waals surface area contributed by atoms with Gasteiger partial charge in [-0.15, -0.1) is 0 Å². The van der Waals surface area contributed by atoms with Crippen LogP contribution in [-0.2, 0) is 11.2 Å². The molecule has 0 spiro atoms. The number of amides is 3. The summed E-state index contributed by atoms with van der Waals surface area (Å²) in [7, 11) is 0. The highest BCUT2D eigenvalue weighted by Crippen LogP contribution is 2.13. The SMILES string of the molecule is CCCc1ccc(OCNC(=O)N2CCN(C(=O)OCC)CC2)cc1. The highest BCUT2D eigenvalue weighted by atomic mass is 16.6. The maximum Gasteiger partial charge on any atom is 0.409 e. The lowest BCUT2D eigenvalue weighted by Gasteiger charge is -2.33. The number of hydrogen-bond donors (Lipinski definition) is 1. The third kappa shape index (κ3) is 5.85. The minimum atomic E-state index is -0.322. The molecular formula is C18H27N3O4. The van der Waals surface area contributed by atoms with Crippen LogP contribution >= 0.6 is 0 Å². The monoisotopic (exact) mass is 349 g/mol. The summed E-state index contributed by atoms with van der Waals surface area (Å²) in [4.78, 5) is 27.0. The Morgan fingerprint density at radius 2 is 1.68 bits per heavy atom. The van der Waals surface area contributed by atoms with Crippen LogP contribution in [0.5, 0.6) is 5.75 Å². The molecule has 1 heterocycles. The van der Waals surface area contributed by atoms with Crippen molar-refractivity contribution in [2.45, 2.75) is 26.7 Å². The largest absolute Gasteiger partial charge is 0.473 e. The van der Waals surface area contributed by atoms with E-state index >= 15 is 0 Å². The molecule has 0 unspecified atom stereocenters. The summed E-state index contributed by atoms with van der Waals surface area (Å²) in [6, 6.07) is 7.71. The van der Waals surface area contributed by atoms with Crippen molar-refractivity contribution < 1.29 is 19.1 Å². The Morgan fingerprint density at radius 3 is 2.28 bits per heavy atom. The molecule has 0 bridgehead atoms. The van der Waals surface area contributed by atoms with Gasteiger partial charge in [0, 0.05) is 26.2 Å². The molecule has 1 fully saturated rings. The van der Waals surface area contributed by atoms with Crippen molar-refractivity contribution in [1.82, 2.24) is 15.1 Å². The molecule has 0 aliphatic carbocycles. The Kier molecular flexibility index (Phi) is 7.37. The second-order valence-electron chi connectivity index (χ2n) is 5.84. The Balaban J connectivity index is 1.68. The topological polar surface area (TPSA) is 71.1 Å². The minimum Gasteiger partial charge on any atom is -0.473 e. The van der Waals surface area contributed by atoms with Crippen LogP contribution in [-0.4, -0.2) is 61.4 Å². The van der Waals surface area contributed by atoms with Gasteiger partial charge >= 0.3 is 12.1 Å². The van der Waals surface area contributed by atoms with E-state index in [0.29, 0.717) is 32.8 Å². The number of piperazine rings is 1. The van der Waals surface area contributed by atoms with E-state index in [-0.39, 0.29) is 18.9 Å². The zero-order valence-corrected chi connectivity index (χ0v) is 15.0. The fourth-order valence-electron chi connectivity index (χ4n) is 2.64. The van der Waals surface area contributed by atoms with Gasteiger partial charge in [0.05, 0.1) is 6.61 Å². The molecule has 0 saturated carbocycles. The normalized spacial score (nSPS) is 14.2. The van der Waals surface area contributed by atoms with Crippen molar-refractivity contribution in [2.24, 2.45) is 0 Å². The molecule has 3 amide bonds. The minimum absolute atomic E-state index is 0.115. The molecule has 138 valence electrons. The lowest BCUT2D eigenvalue weighted by Crippen LogP contribution is -2.53. The van der Waals surface area contributed by atoms with Gasteiger partial charge < -0.3 is 24.6 Å². The van der Waals surface area contributed by atoms with E-state index < -0.39 is 0 Å². The fourth-order valence-corrected chi connectivity index (χ4v) is 2.64. The summed E-state index contributed by atoms with van der Waals surface area (Å²) < 4.78 is 10.5. The van der Waals surface area contributed by atoms with Crippen molar-refractivity contribution >= 4 is 12.1 Å². The van der Waals surface area contributed by atoms with Gasteiger partial charge in [0.15, 0.2) is 6.73 Å². The maximum atomic E-state index is 12.1. The van der Waals surface area contributed by atoms with Crippen LogP contribution in [0.15, 0.2) is 24.3 Å². The number of carbonyl (C=O) groups excluding carboxylic acids is 2. The molecule has 25 heavy (non-hydrogen) atoms. The Bertz CT molecular complexity index is 554. The maximum absolute atomic E-state index is 12.1. The molecule has 0 aromatic heterocycles. The summed E-state index contributed by atoms with van der Waals surface area (Å²) in [5.41, 5.74) is 1.28. The number of nitrogens with one attached hydrogen (secondary N) is 1. The van der Waals surface area contributed by atoms with Crippen LogP contribution in [0.4, 0.5) is 9.59 Å². The van der Waals surface area contributed by atoms with Crippen LogP contribution in [0.25, 0.3) is 0 Å². The van der Waals surface area contributed by atoms with Crippen molar-refractivity contribution in [3.05, 3.63) is 29.8 Å². The quantitative estimate of drug-likeness (QED) is 0.801. The van der Waals surface area contributed by atoms with Crippen molar-refractivity contribution in [1.29, 1.82) is 0 Å². The van der Waals surface area contributed by atoms with E-state index in [1.54, 1.807) is 16.7 Å². The number of hydrogen-bond acceptors (Lipinski definition) is 4. The standard InChI is InChI=1S/C18H27N3O4/c1-3-5-15-6-8-16(9-7-15)25-14-19-17(22)20-10-12-21(13-11-20)18(23)24-4-2/h6-9H,3-5,10-14H2,1-2H3,(H,19,22). The predicted molar refractivity (Wildman–Crippen MR) is 94.6 cm³/mol. The van der Waals surface area contributed by atoms with E-state index in [2.05, 4.69) is 12.2 Å². The number of carbonyl (C=O) groups is 2. The first-order valence-electron chi connectivity index (χ1n) is 8.80. The Morgan fingerprint density at radius 1 is 1.04 bits per heavy atom. The van der Waals surface area contributed by atoms with Gasteiger partial charge in [0.25, 0.3) is 0 Å². The Labute approximate surface area is 148 Å². The molecule has 1 aromatic rings. The lowest BCUT2D eigenvalue weighted by atomic mass is 10.1. The molecule has 1 saturated heterocycles. The van der Waals surface area contributed by atoms with Crippen molar-refractivity contribution in [3.63, 3.8) is 0 Å². The van der Waals surface area contributed by atoms with Crippen molar-refractivity contribution in [2.75, 3.05) is 39.5 Å². The van der Waals surface area contributed by atoms with Crippen LogP contribution in [0.2, 0.25) is 0 Å². The number of rotatable bonds is 6. The molecule has 1 aromatic carbocycles. The molecule has 1 aliphatic heterocycles. The third-order valence-electron chi connectivity index (χ3n) is 4.02. The first-order valence-corrected chi connectivity index (χ1v) is 8.80. The highest BCUT2D eigenvalue weighted by Gasteiger charge is 2.24. The highest BCUT2D eigenvalue weighted by molar-refractivity contribution is 5.74. The van der Waals surface area contributed by atoms with E-state index in [1.165, 1.54) is 5.56 Å². The van der Waals surface area contributed by atoms with E-state index in [9.17, 15) is 9.59 Å². The molecule has 1 N–H and O–H groups in total. The second kappa shape index (κ2) is 9.76. The number of aryl methyl sites for hydroxylation is 1. The first-order chi connectivity index (χ1) is 12.1. The first kappa shape index (κ1) is 18.9. The van der Waals surface area contributed by atoms with Gasteiger partial charge in [0.2, 0.25) is 0 Å². The third-order valence-corrected chi connectivity index (χ3v) is 4.02. The molecule has 1 aliphatic rings. The second-order valence-corrected chi connectivity index (χ2v) is 5.84. The number of nitrogens with zero attached hydrogens (tertiary/aromatic N) is 2. The molecular weight excluding hydrogens is 322 g/mol. The summed E-state index contributed by atoms with van der Waals surface area (Å²) in [5, 5.41) is 2.74. The van der Waals surface area contributed by atoms with E-state index in [1.807, 2.05) is 24.3 Å². The summed E-state index contributed by atoms with van der Waals surface area (Å²) >= 11 is 0. The van der Waals surface area contributed by atoms with Gasteiger partial charge in [-0.05, 0) is 31.0 Å². The van der Waals surface area contributed by atoms with Gasteiger partial charge in [-0.2, -0.15) is 0 Å². The number of urea groups is 1. The van der Waals surface area contributed by atoms with Crippen molar-refractivity contribution in [3.8, 4) is 5.75 Å². The van der Waals surface area contributed by atoms with Crippen LogP contribution in [0, 0.1) is 0 Å². The zero-order chi connectivity index (χ0) is 18.1. The summed E-state index contributed by atoms with van der Waals surface area (Å²) in [5.74, 6) is 0.729. The van der Waals surface area contributed by atoms with Gasteiger partial charge in [-0.1, -0.05) is 25.5 Å². The van der Waals surface area contributed by atoms with Gasteiger partial charge in [-0.25, -0.2) is 9.59 Å².